The molecule has 0 amide bonds. The lowest BCUT2D eigenvalue weighted by Gasteiger charge is -2.37. The second-order valence-electron chi connectivity index (χ2n) is 5.62. The summed E-state index contributed by atoms with van der Waals surface area (Å²) in [7, 11) is -3.36. The third-order valence-corrected chi connectivity index (χ3v) is 7.15. The molecule has 2 aromatic rings. The van der Waals surface area contributed by atoms with Gasteiger partial charge in [-0.3, -0.25) is 0 Å². The summed E-state index contributed by atoms with van der Waals surface area (Å²) >= 11 is 1.65. The highest BCUT2D eigenvalue weighted by molar-refractivity contribution is 7.89. The smallest absolute Gasteiger partial charge is 0.243 e. The van der Waals surface area contributed by atoms with Gasteiger partial charge in [-0.05, 0) is 25.0 Å². The van der Waals surface area contributed by atoms with Gasteiger partial charge in [0, 0.05) is 30.1 Å². The molecule has 1 aliphatic heterocycles. The van der Waals surface area contributed by atoms with E-state index in [1.165, 1.54) is 0 Å². The zero-order valence-corrected chi connectivity index (χ0v) is 13.5. The number of thiazole rings is 1. The molecule has 6 heteroatoms. The molecule has 4 nitrogen and oxygen atoms in total. The Hall–Kier alpha value is -1.24. The van der Waals surface area contributed by atoms with Gasteiger partial charge in [-0.25, -0.2) is 13.4 Å². The van der Waals surface area contributed by atoms with Crippen molar-refractivity contribution in [2.45, 2.75) is 30.1 Å². The zero-order chi connectivity index (χ0) is 14.9. The van der Waals surface area contributed by atoms with Crippen molar-refractivity contribution < 1.29 is 8.42 Å². The highest BCUT2D eigenvalue weighted by Gasteiger charge is 2.37. The maximum Gasteiger partial charge on any atom is 0.243 e. The van der Waals surface area contributed by atoms with E-state index in [1.54, 1.807) is 39.9 Å². The van der Waals surface area contributed by atoms with E-state index >= 15 is 0 Å². The highest BCUT2D eigenvalue weighted by Crippen LogP contribution is 2.37. The first-order valence-corrected chi connectivity index (χ1v) is 9.29. The average molecular weight is 322 g/mol. The van der Waals surface area contributed by atoms with Crippen molar-refractivity contribution in [3.63, 3.8) is 0 Å². The Kier molecular flexibility index (Phi) is 3.86. The molecule has 1 fully saturated rings. The summed E-state index contributed by atoms with van der Waals surface area (Å²) in [5, 5.41) is 3.09. The Morgan fingerprint density at radius 2 is 1.86 bits per heavy atom. The first-order valence-electron chi connectivity index (χ1n) is 6.98. The van der Waals surface area contributed by atoms with E-state index in [1.807, 2.05) is 17.6 Å². The topological polar surface area (TPSA) is 50.3 Å². The van der Waals surface area contributed by atoms with E-state index in [4.69, 9.17) is 0 Å². The third kappa shape index (κ3) is 2.75. The van der Waals surface area contributed by atoms with Crippen molar-refractivity contribution >= 4 is 21.4 Å². The SMILES string of the molecule is CC1(c2nccs2)CCN(S(=O)(=O)c2ccccc2)CC1. The molecule has 3 rings (SSSR count). The van der Waals surface area contributed by atoms with E-state index in [-0.39, 0.29) is 5.41 Å². The number of sulfonamides is 1. The van der Waals surface area contributed by atoms with Gasteiger partial charge in [-0.2, -0.15) is 4.31 Å². The molecule has 1 aromatic carbocycles. The average Bonchev–Trinajstić information content (AvgIpc) is 3.04. The molecule has 21 heavy (non-hydrogen) atoms. The van der Waals surface area contributed by atoms with Crippen LogP contribution in [0.1, 0.15) is 24.8 Å². The molecule has 0 spiro atoms. The molecule has 0 N–H and O–H groups in total. The lowest BCUT2D eigenvalue weighted by molar-refractivity contribution is 0.248. The summed E-state index contributed by atoms with van der Waals surface area (Å²) in [6, 6.07) is 8.66. The van der Waals surface area contributed by atoms with Crippen molar-refractivity contribution in [2.75, 3.05) is 13.1 Å². The van der Waals surface area contributed by atoms with Crippen LogP contribution in [0, 0.1) is 0 Å². The molecule has 112 valence electrons. The Balaban J connectivity index is 1.77. The molecule has 0 radical (unpaired) electrons. The highest BCUT2D eigenvalue weighted by atomic mass is 32.2. The van der Waals surface area contributed by atoms with Crippen LogP contribution in [0.4, 0.5) is 0 Å². The van der Waals surface area contributed by atoms with Crippen molar-refractivity contribution in [1.29, 1.82) is 0 Å². The minimum Gasteiger partial charge on any atom is -0.249 e. The van der Waals surface area contributed by atoms with Crippen LogP contribution in [-0.4, -0.2) is 30.8 Å². The van der Waals surface area contributed by atoms with Crippen LogP contribution >= 0.6 is 11.3 Å². The van der Waals surface area contributed by atoms with Gasteiger partial charge in [0.2, 0.25) is 10.0 Å². The van der Waals surface area contributed by atoms with E-state index in [9.17, 15) is 8.42 Å². The fourth-order valence-electron chi connectivity index (χ4n) is 2.70. The fraction of sp³-hybridized carbons (Fsp3) is 0.400. The van der Waals surface area contributed by atoms with Crippen molar-refractivity contribution in [3.05, 3.63) is 46.9 Å². The second kappa shape index (κ2) is 5.51. The zero-order valence-electron chi connectivity index (χ0n) is 11.9. The first kappa shape index (κ1) is 14.7. The summed E-state index contributed by atoms with van der Waals surface area (Å²) in [6.07, 6.45) is 3.44. The van der Waals surface area contributed by atoms with Crippen LogP contribution in [-0.2, 0) is 15.4 Å². The maximum atomic E-state index is 12.6. The lowest BCUT2D eigenvalue weighted by Crippen LogP contribution is -2.43. The van der Waals surface area contributed by atoms with E-state index in [2.05, 4.69) is 11.9 Å². The van der Waals surface area contributed by atoms with E-state index < -0.39 is 10.0 Å². The van der Waals surface area contributed by atoms with Crippen LogP contribution < -0.4 is 0 Å². The standard InChI is InChI=1S/C15H18N2O2S2/c1-15(14-16-9-12-20-14)7-10-17(11-8-15)21(18,19)13-5-3-2-4-6-13/h2-6,9,12H,7-8,10-11H2,1H3. The number of benzene rings is 1. The molecule has 0 saturated carbocycles. The molecule has 0 unspecified atom stereocenters. The molecule has 1 aromatic heterocycles. The molecule has 0 bridgehead atoms. The van der Waals surface area contributed by atoms with E-state index in [0.29, 0.717) is 18.0 Å². The molecule has 1 aliphatic rings. The van der Waals surface area contributed by atoms with Crippen LogP contribution in [0.25, 0.3) is 0 Å². The van der Waals surface area contributed by atoms with Crippen LogP contribution in [0.5, 0.6) is 0 Å². The summed E-state index contributed by atoms with van der Waals surface area (Å²) in [5.74, 6) is 0. The summed E-state index contributed by atoms with van der Waals surface area (Å²) < 4.78 is 26.8. The monoisotopic (exact) mass is 322 g/mol. The Labute approximate surface area is 129 Å². The largest absolute Gasteiger partial charge is 0.249 e. The molecule has 0 atom stereocenters. The third-order valence-electron chi connectivity index (χ3n) is 4.16. The van der Waals surface area contributed by atoms with Gasteiger partial charge in [0.1, 0.15) is 0 Å². The predicted molar refractivity (Wildman–Crippen MR) is 83.9 cm³/mol. The first-order chi connectivity index (χ1) is 10.0. The quantitative estimate of drug-likeness (QED) is 0.873. The number of aromatic nitrogens is 1. The molecule has 0 aliphatic carbocycles. The van der Waals surface area contributed by atoms with Gasteiger partial charge < -0.3 is 0 Å². The number of hydrogen-bond donors (Lipinski definition) is 0. The lowest BCUT2D eigenvalue weighted by atomic mass is 9.82. The Morgan fingerprint density at radius 3 is 2.43 bits per heavy atom. The van der Waals surface area contributed by atoms with Gasteiger partial charge in [0.05, 0.1) is 9.90 Å². The van der Waals surface area contributed by atoms with Crippen LogP contribution in [0.3, 0.4) is 0 Å². The second-order valence-corrected chi connectivity index (χ2v) is 8.45. The predicted octanol–water partition coefficient (Wildman–Crippen LogP) is 2.89. The van der Waals surface area contributed by atoms with Gasteiger partial charge in [0.25, 0.3) is 0 Å². The van der Waals surface area contributed by atoms with Crippen LogP contribution in [0.2, 0.25) is 0 Å². The molecular formula is C15H18N2O2S2. The molecule has 1 saturated heterocycles. The normalized spacial score (nSPS) is 19.5. The van der Waals surface area contributed by atoms with Crippen molar-refractivity contribution in [3.8, 4) is 0 Å². The van der Waals surface area contributed by atoms with Crippen molar-refractivity contribution in [1.82, 2.24) is 9.29 Å². The number of piperidine rings is 1. The fourth-order valence-corrected chi connectivity index (χ4v) is 5.02. The van der Waals surface area contributed by atoms with E-state index in [0.717, 1.165) is 17.8 Å². The minimum absolute atomic E-state index is 0.00310. The van der Waals surface area contributed by atoms with Crippen molar-refractivity contribution in [2.24, 2.45) is 0 Å². The van der Waals surface area contributed by atoms with Gasteiger partial charge in [0.15, 0.2) is 0 Å². The number of nitrogens with zero attached hydrogens (tertiary/aromatic N) is 2. The Morgan fingerprint density at radius 1 is 1.19 bits per heavy atom. The minimum atomic E-state index is -3.36. The van der Waals surface area contributed by atoms with Gasteiger partial charge in [-0.1, -0.05) is 25.1 Å². The van der Waals surface area contributed by atoms with Crippen LogP contribution in [0.15, 0.2) is 46.8 Å². The molecule has 2 heterocycles. The summed E-state index contributed by atoms with van der Waals surface area (Å²) in [6.45, 7) is 3.28. The van der Waals surface area contributed by atoms with Gasteiger partial charge >= 0.3 is 0 Å². The number of rotatable bonds is 3. The van der Waals surface area contributed by atoms with Gasteiger partial charge in [-0.15, -0.1) is 11.3 Å². The maximum absolute atomic E-state index is 12.6. The molecular weight excluding hydrogens is 304 g/mol. The Bertz CT molecular complexity index is 689. The summed E-state index contributed by atoms with van der Waals surface area (Å²) in [5.41, 5.74) is -0.00310. The number of hydrogen-bond acceptors (Lipinski definition) is 4. The summed E-state index contributed by atoms with van der Waals surface area (Å²) in [4.78, 5) is 4.79.